The monoisotopic (exact) mass is 252 g/mol. The number of halogens is 2. The minimum Gasteiger partial charge on any atom is -0.312 e. The van der Waals surface area contributed by atoms with Gasteiger partial charge in [-0.25, -0.2) is 13.8 Å². The minimum absolute atomic E-state index is 0.490. The second-order valence-electron chi connectivity index (χ2n) is 4.01. The smallest absolute Gasteiger partial charge is 0.159 e. The van der Waals surface area contributed by atoms with Crippen molar-refractivity contribution in [3.8, 4) is 0 Å². The molecule has 4 nitrogen and oxygen atoms in total. The van der Waals surface area contributed by atoms with Gasteiger partial charge in [-0.05, 0) is 17.7 Å². The number of aryl methyl sites for hydroxylation is 1. The molecule has 1 heterocycles. The summed E-state index contributed by atoms with van der Waals surface area (Å²) in [7, 11) is 1.81. The molecule has 18 heavy (non-hydrogen) atoms. The fourth-order valence-corrected chi connectivity index (χ4v) is 1.58. The van der Waals surface area contributed by atoms with Crippen LogP contribution in [0, 0.1) is 11.6 Å². The maximum absolute atomic E-state index is 12.9. The van der Waals surface area contributed by atoms with Gasteiger partial charge in [-0.2, -0.15) is 5.10 Å². The predicted octanol–water partition coefficient (Wildman–Crippen LogP) is 1.43. The van der Waals surface area contributed by atoms with Gasteiger partial charge in [0.1, 0.15) is 6.33 Å². The zero-order valence-electron chi connectivity index (χ0n) is 10.0. The molecular weight excluding hydrogens is 238 g/mol. The lowest BCUT2D eigenvalue weighted by molar-refractivity contribution is 0.506. The first-order valence-electron chi connectivity index (χ1n) is 5.64. The lowest BCUT2D eigenvalue weighted by atomic mass is 10.2. The van der Waals surface area contributed by atoms with E-state index >= 15 is 0 Å². The Morgan fingerprint density at radius 3 is 2.78 bits per heavy atom. The maximum atomic E-state index is 12.9. The number of nitrogens with one attached hydrogen (secondary N) is 1. The largest absolute Gasteiger partial charge is 0.312 e. The Labute approximate surface area is 104 Å². The van der Waals surface area contributed by atoms with E-state index in [4.69, 9.17) is 0 Å². The third kappa shape index (κ3) is 3.33. The van der Waals surface area contributed by atoms with Gasteiger partial charge in [0, 0.05) is 26.6 Å². The summed E-state index contributed by atoms with van der Waals surface area (Å²) in [6.45, 7) is 1.17. The van der Waals surface area contributed by atoms with Crippen LogP contribution >= 0.6 is 0 Å². The number of benzene rings is 1. The van der Waals surface area contributed by atoms with Crippen LogP contribution in [-0.4, -0.2) is 21.3 Å². The highest BCUT2D eigenvalue weighted by Gasteiger charge is 2.02. The topological polar surface area (TPSA) is 42.7 Å². The summed E-state index contributed by atoms with van der Waals surface area (Å²) in [6, 6.07) is 3.89. The third-order valence-electron chi connectivity index (χ3n) is 2.49. The maximum Gasteiger partial charge on any atom is 0.159 e. The van der Waals surface area contributed by atoms with Gasteiger partial charge < -0.3 is 5.32 Å². The number of hydrogen-bond acceptors (Lipinski definition) is 3. The van der Waals surface area contributed by atoms with E-state index in [1.807, 2.05) is 7.05 Å². The van der Waals surface area contributed by atoms with Crippen molar-refractivity contribution in [3.63, 3.8) is 0 Å². The molecule has 0 spiro atoms. The molecule has 0 atom stereocenters. The van der Waals surface area contributed by atoms with Crippen LogP contribution in [0.15, 0.2) is 24.5 Å². The molecule has 0 aliphatic carbocycles. The normalized spacial score (nSPS) is 10.8. The molecule has 0 bridgehead atoms. The van der Waals surface area contributed by atoms with Crippen molar-refractivity contribution in [2.45, 2.75) is 13.0 Å². The summed E-state index contributed by atoms with van der Waals surface area (Å²) in [5.74, 6) is -0.882. The molecule has 0 radical (unpaired) electrons. The van der Waals surface area contributed by atoms with E-state index in [1.54, 1.807) is 17.1 Å². The van der Waals surface area contributed by atoms with Crippen molar-refractivity contribution in [3.05, 3.63) is 47.5 Å². The highest BCUT2D eigenvalue weighted by molar-refractivity contribution is 5.17. The van der Waals surface area contributed by atoms with Crippen LogP contribution in [0.1, 0.15) is 11.4 Å². The first-order valence-corrected chi connectivity index (χ1v) is 5.64. The minimum atomic E-state index is -0.823. The molecular formula is C12H14F2N4. The second kappa shape index (κ2) is 5.68. The predicted molar refractivity (Wildman–Crippen MR) is 62.8 cm³/mol. The van der Waals surface area contributed by atoms with Gasteiger partial charge in [-0.15, -0.1) is 0 Å². The van der Waals surface area contributed by atoms with E-state index < -0.39 is 11.6 Å². The molecule has 1 aromatic heterocycles. The molecule has 0 fully saturated rings. The van der Waals surface area contributed by atoms with Gasteiger partial charge >= 0.3 is 0 Å². The summed E-state index contributed by atoms with van der Waals surface area (Å²) in [5, 5.41) is 7.26. The van der Waals surface area contributed by atoms with Gasteiger partial charge in [0.05, 0.1) is 0 Å². The van der Waals surface area contributed by atoms with Crippen LogP contribution in [0.5, 0.6) is 0 Å². The summed E-state index contributed by atoms with van der Waals surface area (Å²) >= 11 is 0. The van der Waals surface area contributed by atoms with E-state index in [-0.39, 0.29) is 0 Å². The SMILES string of the molecule is Cn1cnc(CCNCc2ccc(F)c(F)c2)n1. The van der Waals surface area contributed by atoms with Crippen molar-refractivity contribution in [2.24, 2.45) is 7.05 Å². The summed E-state index contributed by atoms with van der Waals surface area (Å²) in [5.41, 5.74) is 0.711. The molecule has 0 amide bonds. The molecule has 0 saturated carbocycles. The molecule has 2 rings (SSSR count). The van der Waals surface area contributed by atoms with Gasteiger partial charge in [0.15, 0.2) is 17.5 Å². The van der Waals surface area contributed by atoms with Crippen molar-refractivity contribution in [1.29, 1.82) is 0 Å². The van der Waals surface area contributed by atoms with Crippen LogP contribution in [-0.2, 0) is 20.0 Å². The molecule has 0 aliphatic heterocycles. The second-order valence-corrected chi connectivity index (χ2v) is 4.01. The zero-order valence-corrected chi connectivity index (χ0v) is 10.0. The van der Waals surface area contributed by atoms with Crippen LogP contribution in [0.4, 0.5) is 8.78 Å². The summed E-state index contributed by atoms with van der Waals surface area (Å²) < 4.78 is 27.3. The van der Waals surface area contributed by atoms with Gasteiger partial charge in [0.25, 0.3) is 0 Å². The van der Waals surface area contributed by atoms with Crippen LogP contribution < -0.4 is 5.32 Å². The molecule has 2 aromatic rings. The van der Waals surface area contributed by atoms with Crippen molar-refractivity contribution < 1.29 is 8.78 Å². The Kier molecular flexibility index (Phi) is 3.99. The fourth-order valence-electron chi connectivity index (χ4n) is 1.58. The fraction of sp³-hybridized carbons (Fsp3) is 0.333. The average Bonchev–Trinajstić information content (AvgIpc) is 2.75. The van der Waals surface area contributed by atoms with Crippen molar-refractivity contribution in [2.75, 3.05) is 6.54 Å². The van der Waals surface area contributed by atoms with Gasteiger partial charge in [0.2, 0.25) is 0 Å². The lowest BCUT2D eigenvalue weighted by Gasteiger charge is -2.04. The lowest BCUT2D eigenvalue weighted by Crippen LogP contribution is -2.17. The summed E-state index contributed by atoms with van der Waals surface area (Å²) in [6.07, 6.45) is 2.34. The zero-order chi connectivity index (χ0) is 13.0. The van der Waals surface area contributed by atoms with Crippen LogP contribution in [0.25, 0.3) is 0 Å². The van der Waals surface area contributed by atoms with Crippen molar-refractivity contribution in [1.82, 2.24) is 20.1 Å². The first-order chi connectivity index (χ1) is 8.65. The number of nitrogens with zero attached hydrogens (tertiary/aromatic N) is 3. The molecule has 0 unspecified atom stereocenters. The van der Waals surface area contributed by atoms with Gasteiger partial charge in [-0.3, -0.25) is 4.68 Å². The summed E-state index contributed by atoms with van der Waals surface area (Å²) in [4.78, 5) is 4.09. The standard InChI is InChI=1S/C12H14F2N4/c1-18-8-16-12(17-18)4-5-15-7-9-2-3-10(13)11(14)6-9/h2-3,6,8,15H,4-5,7H2,1H3. The average molecular weight is 252 g/mol. The van der Waals surface area contributed by atoms with E-state index in [2.05, 4.69) is 15.4 Å². The Hall–Kier alpha value is -1.82. The first kappa shape index (κ1) is 12.6. The van der Waals surface area contributed by atoms with E-state index in [0.29, 0.717) is 25.1 Å². The van der Waals surface area contributed by atoms with E-state index in [9.17, 15) is 8.78 Å². The van der Waals surface area contributed by atoms with E-state index in [0.717, 1.165) is 11.9 Å². The highest BCUT2D eigenvalue weighted by Crippen LogP contribution is 2.08. The quantitative estimate of drug-likeness (QED) is 0.818. The number of rotatable bonds is 5. The number of hydrogen-bond donors (Lipinski definition) is 1. The van der Waals surface area contributed by atoms with Crippen LogP contribution in [0.3, 0.4) is 0 Å². The highest BCUT2D eigenvalue weighted by atomic mass is 19.2. The molecule has 6 heteroatoms. The molecule has 1 aromatic carbocycles. The molecule has 0 aliphatic rings. The van der Waals surface area contributed by atoms with Crippen molar-refractivity contribution >= 4 is 0 Å². The third-order valence-corrected chi connectivity index (χ3v) is 2.49. The Morgan fingerprint density at radius 1 is 1.28 bits per heavy atom. The number of aromatic nitrogens is 3. The molecule has 96 valence electrons. The Morgan fingerprint density at radius 2 is 2.11 bits per heavy atom. The van der Waals surface area contributed by atoms with E-state index in [1.165, 1.54) is 6.07 Å². The Bertz CT molecular complexity index is 525. The van der Waals surface area contributed by atoms with Gasteiger partial charge in [-0.1, -0.05) is 6.07 Å². The Balaban J connectivity index is 1.76. The molecule has 0 saturated heterocycles. The molecule has 1 N–H and O–H groups in total. The van der Waals surface area contributed by atoms with Crippen LogP contribution in [0.2, 0.25) is 0 Å².